The van der Waals surface area contributed by atoms with Crippen molar-refractivity contribution in [3.63, 3.8) is 0 Å². The summed E-state index contributed by atoms with van der Waals surface area (Å²) in [5, 5.41) is 4.06. The highest BCUT2D eigenvalue weighted by atomic mass is 16.5. The third-order valence-electron chi connectivity index (χ3n) is 5.14. The molecule has 0 bridgehead atoms. The molecule has 6 heteroatoms. The Kier molecular flexibility index (Phi) is 3.82. The van der Waals surface area contributed by atoms with Gasteiger partial charge in [-0.25, -0.2) is 4.98 Å². The summed E-state index contributed by atoms with van der Waals surface area (Å²) < 4.78 is 7.32. The molecule has 130 valence electrons. The maximum Gasteiger partial charge on any atom is 0.229 e. The molecule has 0 N–H and O–H groups in total. The Hall–Kier alpha value is -2.63. The number of aromatic nitrogens is 3. The smallest absolute Gasteiger partial charge is 0.229 e. The summed E-state index contributed by atoms with van der Waals surface area (Å²) in [5.74, 6) is 0.949. The van der Waals surface area contributed by atoms with Gasteiger partial charge >= 0.3 is 0 Å². The first-order valence-electron chi connectivity index (χ1n) is 8.71. The molecule has 25 heavy (non-hydrogen) atoms. The molecule has 4 rings (SSSR count). The van der Waals surface area contributed by atoms with Crippen molar-refractivity contribution >= 4 is 11.6 Å². The maximum atomic E-state index is 13.1. The van der Waals surface area contributed by atoms with Crippen LogP contribution in [0.4, 0.5) is 0 Å². The number of aryl methyl sites for hydroxylation is 3. The van der Waals surface area contributed by atoms with Gasteiger partial charge in [-0.1, -0.05) is 11.2 Å². The van der Waals surface area contributed by atoms with Crippen molar-refractivity contribution in [2.24, 2.45) is 0 Å². The number of carbonyl (C=O) groups is 1. The van der Waals surface area contributed by atoms with Gasteiger partial charge in [0, 0.05) is 18.3 Å². The maximum absolute atomic E-state index is 13.1. The minimum absolute atomic E-state index is 0.0678. The van der Waals surface area contributed by atoms with Crippen molar-refractivity contribution in [2.75, 3.05) is 6.54 Å². The van der Waals surface area contributed by atoms with E-state index in [0.717, 1.165) is 53.4 Å². The first kappa shape index (κ1) is 15.9. The van der Waals surface area contributed by atoms with E-state index in [1.165, 1.54) is 0 Å². The lowest BCUT2D eigenvalue weighted by molar-refractivity contribution is -0.131. The lowest BCUT2D eigenvalue weighted by Crippen LogP contribution is -2.32. The molecule has 0 aromatic carbocycles. The van der Waals surface area contributed by atoms with Gasteiger partial charge in [-0.05, 0) is 45.7 Å². The summed E-state index contributed by atoms with van der Waals surface area (Å²) in [5.41, 5.74) is 4.71. The van der Waals surface area contributed by atoms with Crippen LogP contribution in [0.2, 0.25) is 0 Å². The van der Waals surface area contributed by atoms with Crippen molar-refractivity contribution < 1.29 is 9.32 Å². The van der Waals surface area contributed by atoms with E-state index in [9.17, 15) is 4.79 Å². The van der Waals surface area contributed by atoms with E-state index in [2.05, 4.69) is 10.1 Å². The van der Waals surface area contributed by atoms with Crippen LogP contribution in [0.1, 0.15) is 47.3 Å². The first-order valence-corrected chi connectivity index (χ1v) is 8.71. The van der Waals surface area contributed by atoms with Crippen LogP contribution in [0.5, 0.6) is 0 Å². The van der Waals surface area contributed by atoms with Crippen LogP contribution in [0.15, 0.2) is 28.9 Å². The van der Waals surface area contributed by atoms with Gasteiger partial charge in [0.15, 0.2) is 0 Å². The van der Waals surface area contributed by atoms with Gasteiger partial charge in [0.05, 0.1) is 29.5 Å². The second kappa shape index (κ2) is 6.02. The van der Waals surface area contributed by atoms with Crippen LogP contribution in [0.25, 0.3) is 5.65 Å². The van der Waals surface area contributed by atoms with Gasteiger partial charge in [0.25, 0.3) is 0 Å². The number of amides is 1. The van der Waals surface area contributed by atoms with Crippen LogP contribution in [-0.4, -0.2) is 31.9 Å². The first-order chi connectivity index (χ1) is 12.1. The predicted molar refractivity (Wildman–Crippen MR) is 93.3 cm³/mol. The van der Waals surface area contributed by atoms with Crippen LogP contribution < -0.4 is 0 Å². The number of fused-ring (bicyclic) bond motifs is 1. The quantitative estimate of drug-likeness (QED) is 0.736. The van der Waals surface area contributed by atoms with E-state index in [4.69, 9.17) is 4.52 Å². The lowest BCUT2D eigenvalue weighted by atomic mass is 10.0. The normalized spacial score (nSPS) is 17.6. The van der Waals surface area contributed by atoms with Crippen molar-refractivity contribution in [3.05, 3.63) is 52.8 Å². The highest BCUT2D eigenvalue weighted by Crippen LogP contribution is 2.36. The molecule has 3 aromatic heterocycles. The van der Waals surface area contributed by atoms with Crippen LogP contribution in [0.3, 0.4) is 0 Å². The number of nitrogens with zero attached hydrogens (tertiary/aromatic N) is 4. The third kappa shape index (κ3) is 2.62. The number of pyridine rings is 1. The Labute approximate surface area is 146 Å². The summed E-state index contributed by atoms with van der Waals surface area (Å²) in [4.78, 5) is 19.6. The van der Waals surface area contributed by atoms with Crippen molar-refractivity contribution in [2.45, 2.75) is 46.1 Å². The molecular weight excluding hydrogens is 316 g/mol. The number of rotatable bonds is 3. The summed E-state index contributed by atoms with van der Waals surface area (Å²) in [6, 6.07) is 5.95. The van der Waals surface area contributed by atoms with E-state index in [0.29, 0.717) is 6.42 Å². The molecule has 1 aliphatic heterocycles. The lowest BCUT2D eigenvalue weighted by Gasteiger charge is -2.25. The summed E-state index contributed by atoms with van der Waals surface area (Å²) in [6.45, 7) is 6.61. The molecule has 0 saturated carbocycles. The second-order valence-electron chi connectivity index (χ2n) is 6.73. The topological polar surface area (TPSA) is 63.6 Å². The minimum Gasteiger partial charge on any atom is -0.361 e. The fourth-order valence-electron chi connectivity index (χ4n) is 3.95. The average Bonchev–Trinajstić information content (AvgIpc) is 3.26. The molecule has 3 aromatic rings. The molecule has 1 amide bonds. The van der Waals surface area contributed by atoms with Crippen LogP contribution in [0, 0.1) is 20.8 Å². The molecule has 1 atom stereocenters. The Morgan fingerprint density at radius 3 is 2.88 bits per heavy atom. The summed E-state index contributed by atoms with van der Waals surface area (Å²) >= 11 is 0. The number of hydrogen-bond donors (Lipinski definition) is 0. The Morgan fingerprint density at radius 1 is 1.28 bits per heavy atom. The monoisotopic (exact) mass is 338 g/mol. The molecule has 0 spiro atoms. The number of hydrogen-bond acceptors (Lipinski definition) is 4. The summed E-state index contributed by atoms with van der Waals surface area (Å²) in [6.07, 6.45) is 4.29. The van der Waals surface area contributed by atoms with E-state index in [1.54, 1.807) is 0 Å². The van der Waals surface area contributed by atoms with Crippen molar-refractivity contribution in [1.29, 1.82) is 0 Å². The molecule has 1 fully saturated rings. The fraction of sp³-hybridized carbons (Fsp3) is 0.421. The summed E-state index contributed by atoms with van der Waals surface area (Å²) in [7, 11) is 0. The van der Waals surface area contributed by atoms with Crippen molar-refractivity contribution in [1.82, 2.24) is 19.4 Å². The van der Waals surface area contributed by atoms with Crippen molar-refractivity contribution in [3.8, 4) is 0 Å². The third-order valence-corrected chi connectivity index (χ3v) is 5.14. The predicted octanol–water partition coefficient (Wildman–Crippen LogP) is 3.15. The molecule has 4 heterocycles. The zero-order valence-electron chi connectivity index (χ0n) is 14.8. The number of imidazole rings is 1. The van der Waals surface area contributed by atoms with Gasteiger partial charge in [0.1, 0.15) is 11.4 Å². The molecule has 6 nitrogen and oxygen atoms in total. The molecule has 0 aliphatic carbocycles. The Balaban J connectivity index is 1.63. The van der Waals surface area contributed by atoms with Gasteiger partial charge in [-0.2, -0.15) is 0 Å². The highest BCUT2D eigenvalue weighted by Gasteiger charge is 2.34. The van der Waals surface area contributed by atoms with E-state index < -0.39 is 0 Å². The zero-order chi connectivity index (χ0) is 17.6. The zero-order valence-corrected chi connectivity index (χ0v) is 14.8. The van der Waals surface area contributed by atoms with Gasteiger partial charge in [0.2, 0.25) is 5.91 Å². The molecular formula is C19H22N4O2. The fourth-order valence-corrected chi connectivity index (χ4v) is 3.95. The minimum atomic E-state index is 0.0678. The number of carbonyl (C=O) groups excluding carboxylic acids is 1. The molecule has 1 saturated heterocycles. The van der Waals surface area contributed by atoms with E-state index in [1.807, 2.05) is 54.5 Å². The van der Waals surface area contributed by atoms with Crippen LogP contribution in [-0.2, 0) is 11.2 Å². The molecule has 1 unspecified atom stereocenters. The second-order valence-corrected chi connectivity index (χ2v) is 6.73. The van der Waals surface area contributed by atoms with E-state index in [-0.39, 0.29) is 11.9 Å². The van der Waals surface area contributed by atoms with Gasteiger partial charge in [-0.15, -0.1) is 0 Å². The van der Waals surface area contributed by atoms with Gasteiger partial charge in [-0.3, -0.25) is 4.79 Å². The van der Waals surface area contributed by atoms with Gasteiger partial charge < -0.3 is 13.8 Å². The molecule has 0 radical (unpaired) electrons. The highest BCUT2D eigenvalue weighted by molar-refractivity contribution is 5.80. The van der Waals surface area contributed by atoms with E-state index >= 15 is 0 Å². The number of likely N-dealkylation sites (tertiary alicyclic amines) is 1. The Bertz CT molecular complexity index is 921. The average molecular weight is 338 g/mol. The largest absolute Gasteiger partial charge is 0.361 e. The SMILES string of the molecule is Cc1noc(C)c1C1CCCN1C(=O)Cc1c(C)nc2ccccn12. The van der Waals surface area contributed by atoms with Crippen LogP contribution >= 0.6 is 0 Å². The standard InChI is InChI=1S/C19H22N4O2/c1-12-16(22-9-5-4-8-17(22)20-12)11-18(24)23-10-6-7-15(23)19-13(2)21-25-14(19)3/h4-5,8-9,15H,6-7,10-11H2,1-3H3. The molecule has 1 aliphatic rings. The Morgan fingerprint density at radius 2 is 2.12 bits per heavy atom.